The van der Waals surface area contributed by atoms with Crippen LogP contribution in [0.1, 0.15) is 16.1 Å². The first-order valence-corrected chi connectivity index (χ1v) is 3.78. The van der Waals surface area contributed by atoms with Crippen LogP contribution < -0.4 is 10.7 Å². The molecule has 0 aliphatic rings. The van der Waals surface area contributed by atoms with Crippen molar-refractivity contribution in [3.63, 3.8) is 0 Å². The van der Waals surface area contributed by atoms with E-state index in [2.05, 4.69) is 4.42 Å². The number of carboxylic acid groups (broad SMARTS) is 1. The molecule has 0 atom stereocenters. The average molecular weight is 195 g/mol. The minimum Gasteiger partial charge on any atom is -0.542 e. The van der Waals surface area contributed by atoms with Crippen LogP contribution >= 0.6 is 0 Å². The molecule has 0 bridgehead atoms. The summed E-state index contributed by atoms with van der Waals surface area (Å²) in [7, 11) is 0. The highest BCUT2D eigenvalue weighted by atomic mass is 16.4. The molecule has 5 heteroatoms. The van der Waals surface area contributed by atoms with Crippen LogP contribution in [0, 0.1) is 0 Å². The molecule has 0 fully saturated rings. The molecule has 0 saturated heterocycles. The van der Waals surface area contributed by atoms with Crippen LogP contribution in [0.4, 0.5) is 0 Å². The highest BCUT2D eigenvalue weighted by Gasteiger charge is 2.00. The summed E-state index contributed by atoms with van der Waals surface area (Å²) in [5.74, 6) is -2.06. The lowest BCUT2D eigenvalue weighted by Crippen LogP contribution is -2.23. The number of hydrogen-bond acceptors (Lipinski definition) is 5. The summed E-state index contributed by atoms with van der Waals surface area (Å²) < 4.78 is 4.42. The van der Waals surface area contributed by atoms with E-state index in [1.165, 1.54) is 18.2 Å². The van der Waals surface area contributed by atoms with E-state index < -0.39 is 17.4 Å². The van der Waals surface area contributed by atoms with Gasteiger partial charge in [0.25, 0.3) is 0 Å². The van der Waals surface area contributed by atoms with Crippen LogP contribution in [0.2, 0.25) is 0 Å². The van der Waals surface area contributed by atoms with Crippen LogP contribution in [-0.4, -0.2) is 17.7 Å². The van der Waals surface area contributed by atoms with Crippen molar-refractivity contribution < 1.29 is 19.4 Å². The highest BCUT2D eigenvalue weighted by Crippen LogP contribution is 1.99. The van der Waals surface area contributed by atoms with Crippen LogP contribution in [-0.2, 0) is 0 Å². The van der Waals surface area contributed by atoms with E-state index >= 15 is 0 Å². The van der Waals surface area contributed by atoms with Gasteiger partial charge in [-0.1, -0.05) is 6.08 Å². The summed E-state index contributed by atoms with van der Waals surface area (Å²) in [6, 6.07) is 2.40. The van der Waals surface area contributed by atoms with Gasteiger partial charge in [-0.25, -0.2) is 4.79 Å². The Morgan fingerprint density at radius 2 is 2.29 bits per heavy atom. The summed E-state index contributed by atoms with van der Waals surface area (Å²) in [6.07, 6.45) is 2.68. The number of carbonyl (C=O) groups excluding carboxylic acids is 1. The van der Waals surface area contributed by atoms with Gasteiger partial charge in [-0.15, -0.1) is 0 Å². The Balaban J connectivity index is 3.08. The van der Waals surface area contributed by atoms with E-state index in [1.54, 1.807) is 0 Å². The quantitative estimate of drug-likeness (QED) is 0.668. The average Bonchev–Trinajstić information content (AvgIpc) is 2.15. The first kappa shape index (κ1) is 10.2. The molecule has 1 rings (SSSR count). The van der Waals surface area contributed by atoms with Crippen molar-refractivity contribution in [1.82, 2.24) is 0 Å². The molecule has 0 radical (unpaired) electrons. The molecule has 1 aromatic heterocycles. The smallest absolute Gasteiger partial charge is 0.343 e. The zero-order valence-corrected chi connectivity index (χ0v) is 7.10. The normalized spacial score (nSPS) is 10.6. The number of hydrogen-bond donors (Lipinski definition) is 1. The SMILES string of the molecule is O=C([O-])c1ccc(/C=C/CO)c(=O)o1. The molecule has 1 N–H and O–H groups in total. The van der Waals surface area contributed by atoms with Crippen molar-refractivity contribution in [3.8, 4) is 0 Å². The molecule has 1 heterocycles. The molecule has 0 saturated carbocycles. The van der Waals surface area contributed by atoms with E-state index in [1.807, 2.05) is 0 Å². The largest absolute Gasteiger partial charge is 0.542 e. The fourth-order valence-electron chi connectivity index (χ4n) is 0.839. The summed E-state index contributed by atoms with van der Waals surface area (Å²) in [5, 5.41) is 18.7. The Labute approximate surface area is 78.9 Å². The third kappa shape index (κ3) is 2.30. The van der Waals surface area contributed by atoms with Gasteiger partial charge in [0.2, 0.25) is 0 Å². The molecule has 1 aromatic rings. The van der Waals surface area contributed by atoms with Crippen LogP contribution in [0.15, 0.2) is 27.4 Å². The van der Waals surface area contributed by atoms with Gasteiger partial charge in [0, 0.05) is 0 Å². The molecule has 0 aliphatic carbocycles. The molecule has 74 valence electrons. The van der Waals surface area contributed by atoms with Gasteiger partial charge < -0.3 is 19.4 Å². The van der Waals surface area contributed by atoms with Crippen molar-refractivity contribution in [2.45, 2.75) is 0 Å². The van der Waals surface area contributed by atoms with Gasteiger partial charge in [0.1, 0.15) is 5.97 Å². The molecule has 0 unspecified atom stereocenters. The van der Waals surface area contributed by atoms with E-state index in [9.17, 15) is 14.7 Å². The van der Waals surface area contributed by atoms with Crippen LogP contribution in [0.5, 0.6) is 0 Å². The van der Waals surface area contributed by atoms with Gasteiger partial charge in [0.15, 0.2) is 5.76 Å². The van der Waals surface area contributed by atoms with Gasteiger partial charge in [-0.3, -0.25) is 0 Å². The lowest BCUT2D eigenvalue weighted by atomic mass is 10.2. The van der Waals surface area contributed by atoms with Crippen molar-refractivity contribution in [1.29, 1.82) is 0 Å². The Bertz CT molecular complexity index is 415. The molecule has 0 amide bonds. The minimum atomic E-state index is -1.54. The Hall–Kier alpha value is -1.88. The number of rotatable bonds is 3. The first-order chi connectivity index (χ1) is 6.65. The maximum atomic E-state index is 11.1. The zero-order valence-electron chi connectivity index (χ0n) is 7.10. The molecular formula is C9H7O5-. The number of aliphatic hydroxyl groups is 1. The fraction of sp³-hybridized carbons (Fsp3) is 0.111. The van der Waals surface area contributed by atoms with Crippen molar-refractivity contribution in [2.24, 2.45) is 0 Å². The zero-order chi connectivity index (χ0) is 10.6. The maximum Gasteiger partial charge on any atom is 0.343 e. The Kier molecular flexibility index (Phi) is 3.19. The predicted molar refractivity (Wildman–Crippen MR) is 45.4 cm³/mol. The second-order valence-corrected chi connectivity index (χ2v) is 2.41. The second kappa shape index (κ2) is 4.38. The van der Waals surface area contributed by atoms with Gasteiger partial charge in [0.05, 0.1) is 12.2 Å². The third-order valence-corrected chi connectivity index (χ3v) is 1.46. The molecule has 0 aromatic carbocycles. The van der Waals surface area contributed by atoms with E-state index in [4.69, 9.17) is 5.11 Å². The lowest BCUT2D eigenvalue weighted by molar-refractivity contribution is -0.257. The van der Waals surface area contributed by atoms with Crippen LogP contribution in [0.25, 0.3) is 6.08 Å². The molecule has 5 nitrogen and oxygen atoms in total. The lowest BCUT2D eigenvalue weighted by Gasteiger charge is -1.99. The molecule has 14 heavy (non-hydrogen) atoms. The monoisotopic (exact) mass is 195 g/mol. The fourth-order valence-corrected chi connectivity index (χ4v) is 0.839. The minimum absolute atomic E-state index is 0.170. The van der Waals surface area contributed by atoms with E-state index in [0.29, 0.717) is 0 Å². The standard InChI is InChI=1S/C9H8O5/c10-5-1-2-6-3-4-7(8(11)12)14-9(6)13/h1-4,10H,5H2,(H,11,12)/p-1/b2-1+. The summed E-state index contributed by atoms with van der Waals surface area (Å²) in [4.78, 5) is 21.3. The van der Waals surface area contributed by atoms with E-state index in [0.717, 1.165) is 6.07 Å². The number of carboxylic acids is 1. The first-order valence-electron chi connectivity index (χ1n) is 3.78. The Morgan fingerprint density at radius 3 is 2.79 bits per heavy atom. The van der Waals surface area contributed by atoms with Gasteiger partial charge >= 0.3 is 5.63 Å². The van der Waals surface area contributed by atoms with Crippen LogP contribution in [0.3, 0.4) is 0 Å². The van der Waals surface area contributed by atoms with E-state index in [-0.39, 0.29) is 12.2 Å². The van der Waals surface area contributed by atoms with Crippen molar-refractivity contribution >= 4 is 12.0 Å². The Morgan fingerprint density at radius 1 is 1.57 bits per heavy atom. The highest BCUT2D eigenvalue weighted by molar-refractivity contribution is 5.82. The third-order valence-electron chi connectivity index (χ3n) is 1.46. The predicted octanol–water partition coefficient (Wildman–Crippen LogP) is -0.991. The van der Waals surface area contributed by atoms with Crippen molar-refractivity contribution in [2.75, 3.05) is 6.61 Å². The second-order valence-electron chi connectivity index (χ2n) is 2.41. The molecular weight excluding hydrogens is 188 g/mol. The number of aliphatic hydroxyl groups excluding tert-OH is 1. The molecule has 0 spiro atoms. The van der Waals surface area contributed by atoms with Gasteiger partial charge in [-0.2, -0.15) is 0 Å². The van der Waals surface area contributed by atoms with Crippen molar-refractivity contribution in [3.05, 3.63) is 40.0 Å². The maximum absolute atomic E-state index is 11.1. The topological polar surface area (TPSA) is 90.6 Å². The number of carbonyl (C=O) groups is 1. The summed E-state index contributed by atoms with van der Waals surface area (Å²) >= 11 is 0. The number of aromatic carboxylic acids is 1. The summed E-state index contributed by atoms with van der Waals surface area (Å²) in [5.41, 5.74) is -0.611. The molecule has 0 aliphatic heterocycles. The van der Waals surface area contributed by atoms with Gasteiger partial charge in [-0.05, 0) is 18.2 Å². The summed E-state index contributed by atoms with van der Waals surface area (Å²) in [6.45, 7) is -0.207.